The Kier molecular flexibility index (Phi) is 3.75. The van der Waals surface area contributed by atoms with Crippen molar-refractivity contribution in [2.24, 2.45) is 7.05 Å². The molecule has 3 N–H and O–H groups in total. The zero-order valence-electron chi connectivity index (χ0n) is 11.0. The zero-order valence-corrected chi connectivity index (χ0v) is 11.8. The molecule has 1 aromatic carbocycles. The van der Waals surface area contributed by atoms with E-state index in [1.807, 2.05) is 18.5 Å². The van der Waals surface area contributed by atoms with E-state index in [0.29, 0.717) is 16.4 Å². The third-order valence-electron chi connectivity index (χ3n) is 2.73. The second kappa shape index (κ2) is 5.31. The molecule has 0 atom stereocenters. The van der Waals surface area contributed by atoms with Gasteiger partial charge in [-0.3, -0.25) is 4.79 Å². The maximum atomic E-state index is 11.8. The van der Waals surface area contributed by atoms with Gasteiger partial charge >= 0.3 is 0 Å². The first-order valence-electron chi connectivity index (χ1n) is 5.68. The fourth-order valence-electron chi connectivity index (χ4n) is 1.52. The Hall–Kier alpha value is -2.02. The molecule has 0 fully saturated rings. The largest absolute Gasteiger partial charge is 0.399 e. The fraction of sp³-hybridized carbons (Fsp3) is 0.250. The van der Waals surface area contributed by atoms with Crippen LogP contribution in [0.1, 0.15) is 16.2 Å². The van der Waals surface area contributed by atoms with Crippen molar-refractivity contribution in [3.63, 3.8) is 0 Å². The molecule has 0 aliphatic rings. The van der Waals surface area contributed by atoms with E-state index >= 15 is 0 Å². The molecular weight excluding hydrogens is 262 g/mol. The summed E-state index contributed by atoms with van der Waals surface area (Å²) in [4.78, 5) is 12.6. The Balaban J connectivity index is 2.41. The number of anilines is 1. The van der Waals surface area contributed by atoms with Crippen LogP contribution in [0.25, 0.3) is 0 Å². The maximum Gasteiger partial charge on any atom is 0.252 e. The number of carbonyl (C=O) groups excluding carboxylic acids is 1. The van der Waals surface area contributed by atoms with Gasteiger partial charge in [0.05, 0.1) is 5.56 Å². The van der Waals surface area contributed by atoms with Crippen LogP contribution in [-0.4, -0.2) is 27.7 Å². The highest BCUT2D eigenvalue weighted by atomic mass is 32.2. The lowest BCUT2D eigenvalue weighted by atomic mass is 10.2. The number of hydrogen-bond donors (Lipinski definition) is 2. The Bertz CT molecular complexity index is 623. The highest BCUT2D eigenvalue weighted by molar-refractivity contribution is 7.99. The summed E-state index contributed by atoms with van der Waals surface area (Å²) in [5, 5.41) is 11.4. The summed E-state index contributed by atoms with van der Waals surface area (Å²) in [6.07, 6.45) is 0. The number of hydrogen-bond acceptors (Lipinski definition) is 5. The Labute approximate surface area is 115 Å². The van der Waals surface area contributed by atoms with Crippen LogP contribution >= 0.6 is 11.8 Å². The van der Waals surface area contributed by atoms with Crippen molar-refractivity contribution >= 4 is 23.4 Å². The van der Waals surface area contributed by atoms with Crippen LogP contribution in [-0.2, 0) is 7.05 Å². The number of nitrogen functional groups attached to an aromatic ring is 1. The van der Waals surface area contributed by atoms with Crippen molar-refractivity contribution in [1.29, 1.82) is 0 Å². The van der Waals surface area contributed by atoms with Gasteiger partial charge in [0, 0.05) is 24.7 Å². The molecule has 6 nitrogen and oxygen atoms in total. The third-order valence-corrected chi connectivity index (χ3v) is 3.83. The number of amides is 1. The Morgan fingerprint density at radius 1 is 1.42 bits per heavy atom. The summed E-state index contributed by atoms with van der Waals surface area (Å²) in [5.41, 5.74) is 6.96. The van der Waals surface area contributed by atoms with Crippen molar-refractivity contribution in [3.05, 3.63) is 29.6 Å². The molecule has 19 heavy (non-hydrogen) atoms. The average molecular weight is 277 g/mol. The second-order valence-corrected chi connectivity index (χ2v) is 5.03. The van der Waals surface area contributed by atoms with Crippen molar-refractivity contribution in [3.8, 4) is 0 Å². The number of benzene rings is 1. The van der Waals surface area contributed by atoms with Gasteiger partial charge in [-0.05, 0) is 36.9 Å². The lowest BCUT2D eigenvalue weighted by molar-refractivity contribution is 0.0960. The molecule has 0 unspecified atom stereocenters. The van der Waals surface area contributed by atoms with Crippen molar-refractivity contribution in [2.75, 3.05) is 12.8 Å². The predicted octanol–water partition coefficient (Wildman–Crippen LogP) is 1.22. The highest BCUT2D eigenvalue weighted by Crippen LogP contribution is 2.30. The van der Waals surface area contributed by atoms with Gasteiger partial charge in [-0.1, -0.05) is 0 Å². The first-order valence-corrected chi connectivity index (χ1v) is 6.50. The van der Waals surface area contributed by atoms with Crippen LogP contribution in [0.2, 0.25) is 0 Å². The van der Waals surface area contributed by atoms with Crippen molar-refractivity contribution in [2.45, 2.75) is 17.0 Å². The number of nitrogens with two attached hydrogens (primary N) is 1. The molecule has 1 heterocycles. The van der Waals surface area contributed by atoms with Gasteiger partial charge < -0.3 is 15.6 Å². The van der Waals surface area contributed by atoms with Crippen LogP contribution in [0.4, 0.5) is 5.69 Å². The molecule has 0 aliphatic heterocycles. The number of nitrogens with zero attached hydrogens (tertiary/aromatic N) is 3. The number of nitrogens with one attached hydrogen (secondary N) is 1. The van der Waals surface area contributed by atoms with Gasteiger partial charge in [-0.2, -0.15) is 0 Å². The van der Waals surface area contributed by atoms with Crippen LogP contribution in [0.15, 0.2) is 28.3 Å². The molecule has 2 rings (SSSR count). The van der Waals surface area contributed by atoms with Crippen LogP contribution in [0.5, 0.6) is 0 Å². The monoisotopic (exact) mass is 277 g/mol. The Morgan fingerprint density at radius 3 is 2.74 bits per heavy atom. The van der Waals surface area contributed by atoms with E-state index < -0.39 is 0 Å². The third kappa shape index (κ3) is 2.70. The summed E-state index contributed by atoms with van der Waals surface area (Å²) >= 11 is 1.37. The van der Waals surface area contributed by atoms with Crippen LogP contribution in [0, 0.1) is 6.92 Å². The van der Waals surface area contributed by atoms with Gasteiger partial charge in [0.2, 0.25) is 0 Å². The number of aromatic nitrogens is 3. The normalized spacial score (nSPS) is 10.5. The average Bonchev–Trinajstić information content (AvgIpc) is 2.70. The number of carbonyl (C=O) groups is 1. The van der Waals surface area contributed by atoms with Gasteiger partial charge in [-0.25, -0.2) is 0 Å². The van der Waals surface area contributed by atoms with Gasteiger partial charge in [0.1, 0.15) is 5.82 Å². The minimum Gasteiger partial charge on any atom is -0.399 e. The standard InChI is InChI=1S/C12H15N5OS/c1-7-15-16-12(17(7)3)19-10-6-8(13)4-5-9(10)11(18)14-2/h4-6H,13H2,1-3H3,(H,14,18). The molecule has 0 spiro atoms. The van der Waals surface area contributed by atoms with Crippen molar-refractivity contribution < 1.29 is 4.79 Å². The fourth-order valence-corrected chi connectivity index (χ4v) is 2.53. The smallest absolute Gasteiger partial charge is 0.252 e. The first-order chi connectivity index (χ1) is 9.02. The molecule has 0 saturated heterocycles. The van der Waals surface area contributed by atoms with Gasteiger partial charge in [0.25, 0.3) is 5.91 Å². The lowest BCUT2D eigenvalue weighted by Gasteiger charge is -2.08. The molecule has 100 valence electrons. The first kappa shape index (κ1) is 13.4. The maximum absolute atomic E-state index is 11.8. The minimum absolute atomic E-state index is 0.151. The molecule has 0 radical (unpaired) electrons. The van der Waals surface area contributed by atoms with E-state index in [9.17, 15) is 4.79 Å². The van der Waals surface area contributed by atoms with Gasteiger partial charge in [-0.15, -0.1) is 10.2 Å². The second-order valence-electron chi connectivity index (χ2n) is 4.03. The molecule has 0 saturated carbocycles. The molecule has 1 aromatic heterocycles. The van der Waals surface area contributed by atoms with E-state index in [4.69, 9.17) is 5.73 Å². The topological polar surface area (TPSA) is 85.8 Å². The zero-order chi connectivity index (χ0) is 14.0. The van der Waals surface area contributed by atoms with Crippen molar-refractivity contribution in [1.82, 2.24) is 20.1 Å². The molecule has 0 aliphatic carbocycles. The summed E-state index contributed by atoms with van der Waals surface area (Å²) in [7, 11) is 3.48. The molecule has 1 amide bonds. The number of rotatable bonds is 3. The molecule has 0 bridgehead atoms. The summed E-state index contributed by atoms with van der Waals surface area (Å²) in [6, 6.07) is 5.18. The SMILES string of the molecule is CNC(=O)c1ccc(N)cc1Sc1nnc(C)n1C. The van der Waals surface area contributed by atoms with Gasteiger partial charge in [0.15, 0.2) is 5.16 Å². The summed E-state index contributed by atoms with van der Waals surface area (Å²) in [6.45, 7) is 1.87. The van der Waals surface area contributed by atoms with Crippen LogP contribution < -0.4 is 11.1 Å². The van der Waals surface area contributed by atoms with E-state index in [0.717, 1.165) is 10.7 Å². The quantitative estimate of drug-likeness (QED) is 0.824. The number of aryl methyl sites for hydroxylation is 1. The molecule has 7 heteroatoms. The summed E-state index contributed by atoms with van der Waals surface area (Å²) < 4.78 is 1.86. The summed E-state index contributed by atoms with van der Waals surface area (Å²) in [5.74, 6) is 0.661. The Morgan fingerprint density at radius 2 is 2.16 bits per heavy atom. The van der Waals surface area contributed by atoms with E-state index in [1.165, 1.54) is 11.8 Å². The van der Waals surface area contributed by atoms with E-state index in [1.54, 1.807) is 25.2 Å². The van der Waals surface area contributed by atoms with E-state index in [2.05, 4.69) is 15.5 Å². The van der Waals surface area contributed by atoms with Crippen LogP contribution in [0.3, 0.4) is 0 Å². The minimum atomic E-state index is -0.151. The van der Waals surface area contributed by atoms with E-state index in [-0.39, 0.29) is 5.91 Å². The highest BCUT2D eigenvalue weighted by Gasteiger charge is 2.14. The molecule has 2 aromatic rings. The predicted molar refractivity (Wildman–Crippen MR) is 74.1 cm³/mol. The lowest BCUT2D eigenvalue weighted by Crippen LogP contribution is -2.18. The molecular formula is C12H15N5OS.